The van der Waals surface area contributed by atoms with E-state index in [1.807, 2.05) is 11.4 Å². The first-order valence-electron chi connectivity index (χ1n) is 7.42. The molecule has 2 aromatic heterocycles. The van der Waals surface area contributed by atoms with Crippen LogP contribution in [0.3, 0.4) is 0 Å². The average molecular weight is 326 g/mol. The van der Waals surface area contributed by atoms with Crippen LogP contribution in [0.1, 0.15) is 34.3 Å². The highest BCUT2D eigenvalue weighted by molar-refractivity contribution is 7.13. The number of nitrogens with one attached hydrogen (secondary N) is 2. The van der Waals surface area contributed by atoms with Crippen LogP contribution in [0.2, 0.25) is 0 Å². The second-order valence-corrected chi connectivity index (χ2v) is 6.29. The van der Waals surface area contributed by atoms with Crippen LogP contribution in [0, 0.1) is 0 Å². The van der Waals surface area contributed by atoms with Gasteiger partial charge in [0.15, 0.2) is 0 Å². The van der Waals surface area contributed by atoms with Gasteiger partial charge in [0.25, 0.3) is 11.9 Å². The molecule has 0 saturated carbocycles. The molecule has 23 heavy (non-hydrogen) atoms. The van der Waals surface area contributed by atoms with Gasteiger partial charge in [0, 0.05) is 17.1 Å². The topological polar surface area (TPSA) is 96.5 Å². The Labute approximate surface area is 136 Å². The molecule has 2 N–H and O–H groups in total. The third-order valence-corrected chi connectivity index (χ3v) is 4.77. The molecule has 0 unspecified atom stereocenters. The molecule has 2 heterocycles. The number of aromatic amines is 1. The molecule has 0 bridgehead atoms. The van der Waals surface area contributed by atoms with Gasteiger partial charge in [-0.05, 0) is 54.2 Å². The molecule has 1 aliphatic rings. The van der Waals surface area contributed by atoms with Gasteiger partial charge in [-0.15, -0.1) is 16.4 Å². The molecule has 0 fully saturated rings. The number of tetrazole rings is 1. The smallest absolute Gasteiger partial charge is 0.270 e. The third kappa shape index (κ3) is 2.72. The number of hydrogen-bond donors (Lipinski definition) is 2. The first kappa shape index (κ1) is 14.0. The van der Waals surface area contributed by atoms with Gasteiger partial charge in [-0.3, -0.25) is 10.1 Å². The van der Waals surface area contributed by atoms with E-state index in [9.17, 15) is 4.79 Å². The van der Waals surface area contributed by atoms with E-state index >= 15 is 0 Å². The second kappa shape index (κ2) is 5.88. The minimum absolute atomic E-state index is 0.165. The molecule has 4 rings (SSSR count). The Bertz CT molecular complexity index is 828. The number of fused-ring (bicyclic) bond motifs is 1. The molecule has 1 amide bonds. The third-order valence-electron chi connectivity index (χ3n) is 3.96. The molecule has 1 aliphatic carbocycles. The molecule has 1 aromatic carbocycles. The molecular weight excluding hydrogens is 312 g/mol. The molecule has 8 heteroatoms. The van der Waals surface area contributed by atoms with Crippen LogP contribution in [-0.4, -0.2) is 31.5 Å². The Kier molecular flexibility index (Phi) is 3.58. The Morgan fingerprint density at radius 2 is 2.04 bits per heavy atom. The van der Waals surface area contributed by atoms with Crippen molar-refractivity contribution in [3.05, 3.63) is 40.4 Å². The van der Waals surface area contributed by atoms with Gasteiger partial charge in [0.1, 0.15) is 5.01 Å². The zero-order valence-corrected chi connectivity index (χ0v) is 13.1. The summed E-state index contributed by atoms with van der Waals surface area (Å²) in [5, 5.41) is 18.7. The van der Waals surface area contributed by atoms with Crippen molar-refractivity contribution in [2.45, 2.75) is 25.7 Å². The summed E-state index contributed by atoms with van der Waals surface area (Å²) in [5.74, 6) is -0.0808. The number of H-pyrrole nitrogens is 1. The highest BCUT2D eigenvalue weighted by atomic mass is 32.1. The van der Waals surface area contributed by atoms with Crippen LogP contribution in [-0.2, 0) is 12.8 Å². The van der Waals surface area contributed by atoms with Gasteiger partial charge >= 0.3 is 0 Å². The summed E-state index contributed by atoms with van der Waals surface area (Å²) < 4.78 is 0. The van der Waals surface area contributed by atoms with E-state index in [1.54, 1.807) is 6.20 Å². The van der Waals surface area contributed by atoms with Crippen molar-refractivity contribution in [3.63, 3.8) is 0 Å². The van der Waals surface area contributed by atoms with Crippen LogP contribution in [0.5, 0.6) is 0 Å². The van der Waals surface area contributed by atoms with Crippen LogP contribution >= 0.6 is 11.3 Å². The standard InChI is InChI=1S/C15H14N6OS/c22-13(17-15-18-20-21-19-15)11-7-9-3-1-2-4-10(9)8-12(11)14-16-5-6-23-14/h5-8H,1-4H2,(H2,17,18,19,20,21,22). The molecular formula is C15H14N6OS. The number of aromatic nitrogens is 5. The fourth-order valence-corrected chi connectivity index (χ4v) is 3.56. The number of thiazole rings is 1. The number of nitrogens with zero attached hydrogens (tertiary/aromatic N) is 4. The van der Waals surface area contributed by atoms with Crippen LogP contribution < -0.4 is 5.32 Å². The summed E-state index contributed by atoms with van der Waals surface area (Å²) in [6.07, 6.45) is 6.17. The molecule has 0 aliphatic heterocycles. The highest BCUT2D eigenvalue weighted by Gasteiger charge is 2.20. The lowest BCUT2D eigenvalue weighted by molar-refractivity contribution is 0.102. The second-order valence-electron chi connectivity index (χ2n) is 5.40. The van der Waals surface area contributed by atoms with Gasteiger partial charge in [-0.1, -0.05) is 5.10 Å². The lowest BCUT2D eigenvalue weighted by Crippen LogP contribution is -2.16. The van der Waals surface area contributed by atoms with E-state index in [4.69, 9.17) is 0 Å². The summed E-state index contributed by atoms with van der Waals surface area (Å²) in [6, 6.07) is 4.10. The Morgan fingerprint density at radius 3 is 2.74 bits per heavy atom. The number of carbonyl (C=O) groups is 1. The van der Waals surface area contributed by atoms with Crippen molar-refractivity contribution in [1.82, 2.24) is 25.6 Å². The Hall–Kier alpha value is -2.61. The van der Waals surface area contributed by atoms with E-state index in [0.717, 1.165) is 29.8 Å². The zero-order valence-electron chi connectivity index (χ0n) is 12.2. The number of rotatable bonds is 3. The van der Waals surface area contributed by atoms with Crippen molar-refractivity contribution < 1.29 is 4.79 Å². The maximum absolute atomic E-state index is 12.7. The molecule has 0 saturated heterocycles. The molecule has 7 nitrogen and oxygen atoms in total. The number of hydrogen-bond acceptors (Lipinski definition) is 6. The average Bonchev–Trinajstić information content (AvgIpc) is 3.27. The minimum atomic E-state index is -0.245. The van der Waals surface area contributed by atoms with Crippen LogP contribution in [0.25, 0.3) is 10.6 Å². The number of anilines is 1. The van der Waals surface area contributed by atoms with Crippen molar-refractivity contribution >= 4 is 23.2 Å². The lowest BCUT2D eigenvalue weighted by atomic mass is 9.88. The van der Waals surface area contributed by atoms with E-state index in [0.29, 0.717) is 5.56 Å². The number of aryl methyl sites for hydroxylation is 2. The zero-order chi connectivity index (χ0) is 15.6. The normalized spacial score (nSPS) is 13.6. The van der Waals surface area contributed by atoms with E-state index in [-0.39, 0.29) is 11.9 Å². The van der Waals surface area contributed by atoms with Gasteiger partial charge in [-0.2, -0.15) is 5.21 Å². The molecule has 116 valence electrons. The van der Waals surface area contributed by atoms with Gasteiger partial charge < -0.3 is 0 Å². The molecule has 0 radical (unpaired) electrons. The summed E-state index contributed by atoms with van der Waals surface area (Å²) in [4.78, 5) is 17.0. The molecule has 0 spiro atoms. The van der Waals surface area contributed by atoms with Crippen LogP contribution in [0.15, 0.2) is 23.7 Å². The van der Waals surface area contributed by atoms with E-state index < -0.39 is 0 Å². The van der Waals surface area contributed by atoms with E-state index in [1.165, 1.54) is 28.9 Å². The Balaban J connectivity index is 1.78. The highest BCUT2D eigenvalue weighted by Crippen LogP contribution is 2.32. The summed E-state index contributed by atoms with van der Waals surface area (Å²) >= 11 is 1.53. The Morgan fingerprint density at radius 1 is 1.22 bits per heavy atom. The fourth-order valence-electron chi connectivity index (χ4n) is 2.89. The summed E-state index contributed by atoms with van der Waals surface area (Å²) in [5.41, 5.74) is 4.03. The number of amides is 1. The number of carbonyl (C=O) groups excluding carboxylic acids is 1. The predicted molar refractivity (Wildman–Crippen MR) is 86.3 cm³/mol. The predicted octanol–water partition coefficient (Wildman–Crippen LogP) is 2.45. The monoisotopic (exact) mass is 326 g/mol. The van der Waals surface area contributed by atoms with Gasteiger partial charge in [0.05, 0.1) is 5.56 Å². The number of benzene rings is 1. The van der Waals surface area contributed by atoms with Crippen LogP contribution in [0.4, 0.5) is 5.95 Å². The van der Waals surface area contributed by atoms with Crippen molar-refractivity contribution in [2.24, 2.45) is 0 Å². The minimum Gasteiger partial charge on any atom is -0.288 e. The fraction of sp³-hybridized carbons (Fsp3) is 0.267. The summed E-state index contributed by atoms with van der Waals surface area (Å²) in [7, 11) is 0. The maximum Gasteiger partial charge on any atom is 0.270 e. The van der Waals surface area contributed by atoms with Gasteiger partial charge in [-0.25, -0.2) is 4.98 Å². The first-order chi connectivity index (χ1) is 11.3. The van der Waals surface area contributed by atoms with E-state index in [2.05, 4.69) is 37.0 Å². The SMILES string of the molecule is O=C(Nc1nn[nH]n1)c1cc2c(cc1-c1nccs1)CCCC2. The van der Waals surface area contributed by atoms with Gasteiger partial charge in [0.2, 0.25) is 0 Å². The first-order valence-corrected chi connectivity index (χ1v) is 8.29. The quantitative estimate of drug-likeness (QED) is 0.770. The molecule has 3 aromatic rings. The maximum atomic E-state index is 12.7. The van der Waals surface area contributed by atoms with Crippen molar-refractivity contribution in [1.29, 1.82) is 0 Å². The van der Waals surface area contributed by atoms with Crippen molar-refractivity contribution in [2.75, 3.05) is 5.32 Å². The van der Waals surface area contributed by atoms with Crippen molar-refractivity contribution in [3.8, 4) is 10.6 Å². The molecule has 0 atom stereocenters. The summed E-state index contributed by atoms with van der Waals surface area (Å²) in [6.45, 7) is 0. The lowest BCUT2D eigenvalue weighted by Gasteiger charge is -2.18. The largest absolute Gasteiger partial charge is 0.288 e.